The summed E-state index contributed by atoms with van der Waals surface area (Å²) in [6.45, 7) is 3.19. The third-order valence-electron chi connectivity index (χ3n) is 2.14. The van der Waals surface area contributed by atoms with Gasteiger partial charge in [-0.25, -0.2) is 8.78 Å². The van der Waals surface area contributed by atoms with Crippen molar-refractivity contribution in [3.8, 4) is 0 Å². The van der Waals surface area contributed by atoms with Crippen LogP contribution >= 0.6 is 11.8 Å². The first-order valence-corrected chi connectivity index (χ1v) is 5.27. The number of thioether (sulfide) groups is 1. The molecule has 5 heteroatoms. The average molecular weight is 209 g/mol. The molecule has 76 valence electrons. The summed E-state index contributed by atoms with van der Waals surface area (Å²) in [5, 5.41) is 0. The number of halogens is 2. The van der Waals surface area contributed by atoms with Gasteiger partial charge in [0.1, 0.15) is 5.41 Å². The summed E-state index contributed by atoms with van der Waals surface area (Å²) < 4.78 is 24.9. The smallest absolute Gasteiger partial charge is 0.252 e. The predicted molar refractivity (Wildman–Crippen MR) is 48.8 cm³/mol. The van der Waals surface area contributed by atoms with Crippen LogP contribution in [0.1, 0.15) is 13.8 Å². The Balaban J connectivity index is 2.64. The quantitative estimate of drug-likeness (QED) is 0.691. The van der Waals surface area contributed by atoms with E-state index in [-0.39, 0.29) is 0 Å². The van der Waals surface area contributed by atoms with Gasteiger partial charge < -0.3 is 4.90 Å². The first-order valence-electron chi connectivity index (χ1n) is 4.11. The van der Waals surface area contributed by atoms with Crippen molar-refractivity contribution >= 4 is 17.7 Å². The first-order chi connectivity index (χ1) is 5.96. The van der Waals surface area contributed by atoms with Crippen molar-refractivity contribution in [1.82, 2.24) is 4.90 Å². The van der Waals surface area contributed by atoms with Crippen LogP contribution in [-0.2, 0) is 4.79 Å². The van der Waals surface area contributed by atoms with Crippen LogP contribution in [0.25, 0.3) is 0 Å². The van der Waals surface area contributed by atoms with Crippen LogP contribution in [0.15, 0.2) is 0 Å². The molecule has 13 heavy (non-hydrogen) atoms. The highest BCUT2D eigenvalue weighted by atomic mass is 32.2. The Labute approximate surface area is 80.7 Å². The molecule has 0 saturated carbocycles. The zero-order valence-electron chi connectivity index (χ0n) is 7.72. The van der Waals surface area contributed by atoms with Crippen LogP contribution in [0.3, 0.4) is 0 Å². The number of rotatable bonds is 2. The molecular formula is C8H13F2NOS. The summed E-state index contributed by atoms with van der Waals surface area (Å²) in [4.78, 5) is 13.0. The van der Waals surface area contributed by atoms with Gasteiger partial charge >= 0.3 is 0 Å². The second kappa shape index (κ2) is 3.82. The van der Waals surface area contributed by atoms with E-state index in [0.29, 0.717) is 12.4 Å². The fraction of sp³-hybridized carbons (Fsp3) is 0.875. The van der Waals surface area contributed by atoms with Gasteiger partial charge in [0.15, 0.2) is 0 Å². The molecule has 1 fully saturated rings. The van der Waals surface area contributed by atoms with Crippen molar-refractivity contribution in [3.63, 3.8) is 0 Å². The van der Waals surface area contributed by atoms with Gasteiger partial charge in [-0.15, -0.1) is 11.8 Å². The lowest BCUT2D eigenvalue weighted by Gasteiger charge is -2.27. The van der Waals surface area contributed by atoms with Crippen molar-refractivity contribution in [1.29, 1.82) is 0 Å². The van der Waals surface area contributed by atoms with Gasteiger partial charge in [0, 0.05) is 12.3 Å². The molecule has 1 saturated heterocycles. The number of nitrogens with zero attached hydrogens (tertiary/aromatic N) is 1. The van der Waals surface area contributed by atoms with Crippen LogP contribution in [-0.4, -0.2) is 35.4 Å². The Morgan fingerprint density at radius 2 is 2.15 bits per heavy atom. The second-order valence-corrected chi connectivity index (χ2v) is 4.70. The summed E-state index contributed by atoms with van der Waals surface area (Å²) in [7, 11) is 0. The molecule has 0 aromatic heterocycles. The summed E-state index contributed by atoms with van der Waals surface area (Å²) >= 11 is 1.60. The van der Waals surface area contributed by atoms with Gasteiger partial charge in [-0.05, 0) is 13.8 Å². The summed E-state index contributed by atoms with van der Waals surface area (Å²) in [5.74, 6) is 0.965. The molecular weight excluding hydrogens is 196 g/mol. The number of carbonyl (C=O) groups is 1. The molecule has 0 N–H and O–H groups in total. The second-order valence-electron chi connectivity index (χ2n) is 3.63. The SMILES string of the molecule is CC(C)(C(=O)N1CCSC1)C(F)F. The molecule has 0 radical (unpaired) electrons. The van der Waals surface area contributed by atoms with Gasteiger partial charge in [-0.2, -0.15) is 0 Å². The van der Waals surface area contributed by atoms with Crippen molar-refractivity contribution in [3.05, 3.63) is 0 Å². The van der Waals surface area contributed by atoms with E-state index in [1.54, 1.807) is 11.8 Å². The molecule has 0 aliphatic carbocycles. The molecule has 0 bridgehead atoms. The molecule has 0 unspecified atom stereocenters. The van der Waals surface area contributed by atoms with E-state index in [0.717, 1.165) is 5.75 Å². The number of alkyl halides is 2. The molecule has 2 nitrogen and oxygen atoms in total. The highest BCUT2D eigenvalue weighted by Crippen LogP contribution is 2.29. The Bertz CT molecular complexity index is 202. The molecule has 1 aliphatic rings. The van der Waals surface area contributed by atoms with E-state index in [9.17, 15) is 13.6 Å². The molecule has 1 aliphatic heterocycles. The van der Waals surface area contributed by atoms with E-state index < -0.39 is 17.7 Å². The Morgan fingerprint density at radius 1 is 1.54 bits per heavy atom. The van der Waals surface area contributed by atoms with Crippen molar-refractivity contribution in [2.45, 2.75) is 20.3 Å². The molecule has 1 heterocycles. The number of amides is 1. The minimum Gasteiger partial charge on any atom is -0.332 e. The van der Waals surface area contributed by atoms with Gasteiger partial charge in [0.05, 0.1) is 5.88 Å². The van der Waals surface area contributed by atoms with Gasteiger partial charge in [-0.3, -0.25) is 4.79 Å². The molecule has 0 aromatic carbocycles. The van der Waals surface area contributed by atoms with Gasteiger partial charge in [0.25, 0.3) is 6.43 Å². The zero-order chi connectivity index (χ0) is 10.1. The van der Waals surface area contributed by atoms with E-state index in [1.807, 2.05) is 0 Å². The standard InChI is InChI=1S/C8H13F2NOS/c1-8(2,6(9)10)7(12)11-3-4-13-5-11/h6H,3-5H2,1-2H3. The highest BCUT2D eigenvalue weighted by Gasteiger charge is 2.41. The maximum Gasteiger partial charge on any atom is 0.252 e. The van der Waals surface area contributed by atoms with Crippen LogP contribution in [0.2, 0.25) is 0 Å². The maximum atomic E-state index is 12.5. The largest absolute Gasteiger partial charge is 0.332 e. The van der Waals surface area contributed by atoms with Crippen molar-refractivity contribution in [2.75, 3.05) is 18.2 Å². The Hall–Kier alpha value is -0.320. The van der Waals surface area contributed by atoms with Gasteiger partial charge in [0.2, 0.25) is 5.91 Å². The average Bonchev–Trinajstić information content (AvgIpc) is 2.54. The lowest BCUT2D eigenvalue weighted by molar-refractivity contribution is -0.147. The molecule has 0 spiro atoms. The first kappa shape index (κ1) is 10.8. The van der Waals surface area contributed by atoms with Crippen LogP contribution in [0, 0.1) is 5.41 Å². The van der Waals surface area contributed by atoms with Crippen molar-refractivity contribution < 1.29 is 13.6 Å². The number of hydrogen-bond donors (Lipinski definition) is 0. The van der Waals surface area contributed by atoms with Gasteiger partial charge in [-0.1, -0.05) is 0 Å². The van der Waals surface area contributed by atoms with E-state index in [4.69, 9.17) is 0 Å². The minimum absolute atomic E-state index is 0.437. The monoisotopic (exact) mass is 209 g/mol. The molecule has 0 atom stereocenters. The van der Waals surface area contributed by atoms with E-state index in [1.165, 1.54) is 18.7 Å². The fourth-order valence-corrected chi connectivity index (χ4v) is 2.02. The Kier molecular flexibility index (Phi) is 3.16. The van der Waals surface area contributed by atoms with Crippen LogP contribution in [0.5, 0.6) is 0 Å². The van der Waals surface area contributed by atoms with Crippen LogP contribution in [0.4, 0.5) is 8.78 Å². The fourth-order valence-electron chi connectivity index (χ4n) is 1.08. The normalized spacial score (nSPS) is 18.4. The van der Waals surface area contributed by atoms with Crippen molar-refractivity contribution in [2.24, 2.45) is 5.41 Å². The Morgan fingerprint density at radius 3 is 2.54 bits per heavy atom. The maximum absolute atomic E-state index is 12.5. The molecule has 1 rings (SSSR count). The van der Waals surface area contributed by atoms with E-state index in [2.05, 4.69) is 0 Å². The number of carbonyl (C=O) groups excluding carboxylic acids is 1. The summed E-state index contributed by atoms with van der Waals surface area (Å²) in [6.07, 6.45) is -2.59. The van der Waals surface area contributed by atoms with E-state index >= 15 is 0 Å². The highest BCUT2D eigenvalue weighted by molar-refractivity contribution is 7.99. The zero-order valence-corrected chi connectivity index (χ0v) is 8.53. The minimum atomic E-state index is -2.59. The molecule has 1 amide bonds. The lowest BCUT2D eigenvalue weighted by atomic mass is 9.92. The van der Waals surface area contributed by atoms with Crippen LogP contribution < -0.4 is 0 Å². The third-order valence-corrected chi connectivity index (χ3v) is 3.10. The lowest BCUT2D eigenvalue weighted by Crippen LogP contribution is -2.43. The predicted octanol–water partition coefficient (Wildman–Crippen LogP) is 1.81. The summed E-state index contributed by atoms with van der Waals surface area (Å²) in [5.41, 5.74) is -1.54. The summed E-state index contributed by atoms with van der Waals surface area (Å²) in [6, 6.07) is 0. The third kappa shape index (κ3) is 2.13. The topological polar surface area (TPSA) is 20.3 Å². The molecule has 0 aromatic rings. The number of hydrogen-bond acceptors (Lipinski definition) is 2.